The summed E-state index contributed by atoms with van der Waals surface area (Å²) in [5.74, 6) is 0. The summed E-state index contributed by atoms with van der Waals surface area (Å²) in [5.41, 5.74) is 0. The van der Waals surface area contributed by atoms with E-state index in [9.17, 15) is 0 Å². The molecule has 0 unspecified atom stereocenters. The number of hydrogen-bond acceptors (Lipinski definition) is 1. The second-order valence-electron chi connectivity index (χ2n) is 3.95. The van der Waals surface area contributed by atoms with E-state index < -0.39 is 0 Å². The van der Waals surface area contributed by atoms with E-state index in [-0.39, 0.29) is 0 Å². The van der Waals surface area contributed by atoms with Gasteiger partial charge in [0.25, 0.3) is 0 Å². The molecule has 1 heteroatoms. The molecular formula is C12H25N. The topological polar surface area (TPSA) is 12.0 Å². The van der Waals surface area contributed by atoms with Crippen LogP contribution in [-0.4, -0.2) is 12.6 Å². The van der Waals surface area contributed by atoms with E-state index in [1.165, 1.54) is 45.1 Å². The molecule has 0 aliphatic rings. The van der Waals surface area contributed by atoms with Gasteiger partial charge in [0.2, 0.25) is 0 Å². The lowest BCUT2D eigenvalue weighted by molar-refractivity contribution is 0.537. The monoisotopic (exact) mass is 183 g/mol. The fourth-order valence-electron chi connectivity index (χ4n) is 1.33. The van der Waals surface area contributed by atoms with Crippen molar-refractivity contribution in [3.05, 3.63) is 12.7 Å². The van der Waals surface area contributed by atoms with Crippen molar-refractivity contribution in [1.82, 2.24) is 5.32 Å². The third kappa shape index (κ3) is 11.7. The van der Waals surface area contributed by atoms with Gasteiger partial charge in [-0.2, -0.15) is 0 Å². The molecule has 0 aliphatic carbocycles. The summed E-state index contributed by atoms with van der Waals surface area (Å²) in [6, 6.07) is 0.640. The Morgan fingerprint density at radius 1 is 1.08 bits per heavy atom. The number of unbranched alkanes of at least 4 members (excludes halogenated alkanes) is 5. The van der Waals surface area contributed by atoms with Crippen molar-refractivity contribution in [2.45, 2.75) is 58.4 Å². The number of nitrogens with one attached hydrogen (secondary N) is 1. The molecule has 0 aromatic heterocycles. The summed E-state index contributed by atoms with van der Waals surface area (Å²) in [4.78, 5) is 0. The van der Waals surface area contributed by atoms with E-state index in [0.29, 0.717) is 6.04 Å². The van der Waals surface area contributed by atoms with E-state index in [1.54, 1.807) is 0 Å². The van der Waals surface area contributed by atoms with Gasteiger partial charge in [-0.25, -0.2) is 0 Å². The Labute approximate surface area is 83.6 Å². The lowest BCUT2D eigenvalue weighted by Gasteiger charge is -2.06. The highest BCUT2D eigenvalue weighted by atomic mass is 14.9. The fraction of sp³-hybridized carbons (Fsp3) is 0.833. The quantitative estimate of drug-likeness (QED) is 0.426. The van der Waals surface area contributed by atoms with Crippen LogP contribution in [0.15, 0.2) is 12.7 Å². The standard InChI is InChI=1S/C12H25N/c1-4-5-6-7-8-9-10-11-13-12(2)3/h4,12-13H,1,5-11H2,2-3H3. The molecule has 0 fully saturated rings. The molecule has 1 N–H and O–H groups in total. The first-order chi connectivity index (χ1) is 6.27. The summed E-state index contributed by atoms with van der Waals surface area (Å²) in [7, 11) is 0. The van der Waals surface area contributed by atoms with Gasteiger partial charge in [-0.15, -0.1) is 6.58 Å². The highest BCUT2D eigenvalue weighted by Gasteiger charge is 1.92. The summed E-state index contributed by atoms with van der Waals surface area (Å²) in [6.45, 7) is 9.29. The molecule has 0 atom stereocenters. The summed E-state index contributed by atoms with van der Waals surface area (Å²) in [5, 5.41) is 3.43. The molecule has 0 heterocycles. The zero-order valence-electron chi connectivity index (χ0n) is 9.31. The normalized spacial score (nSPS) is 10.7. The third-order valence-corrected chi connectivity index (χ3v) is 2.14. The van der Waals surface area contributed by atoms with Gasteiger partial charge in [-0.3, -0.25) is 0 Å². The Morgan fingerprint density at radius 3 is 2.31 bits per heavy atom. The van der Waals surface area contributed by atoms with Gasteiger partial charge in [0.1, 0.15) is 0 Å². The Balaban J connectivity index is 2.87. The molecule has 0 aromatic rings. The minimum atomic E-state index is 0.640. The highest BCUT2D eigenvalue weighted by Crippen LogP contribution is 2.04. The van der Waals surface area contributed by atoms with Gasteiger partial charge < -0.3 is 5.32 Å². The highest BCUT2D eigenvalue weighted by molar-refractivity contribution is 4.65. The third-order valence-electron chi connectivity index (χ3n) is 2.14. The van der Waals surface area contributed by atoms with Crippen molar-refractivity contribution >= 4 is 0 Å². The maximum atomic E-state index is 3.72. The molecule has 0 amide bonds. The van der Waals surface area contributed by atoms with Crippen molar-refractivity contribution in [2.75, 3.05) is 6.54 Å². The predicted molar refractivity (Wildman–Crippen MR) is 61.0 cm³/mol. The van der Waals surface area contributed by atoms with Crippen LogP contribution in [0.1, 0.15) is 52.4 Å². The maximum absolute atomic E-state index is 3.72. The smallest absolute Gasteiger partial charge is 0.00103 e. The molecule has 78 valence electrons. The molecule has 0 radical (unpaired) electrons. The zero-order valence-corrected chi connectivity index (χ0v) is 9.31. The van der Waals surface area contributed by atoms with Crippen LogP contribution in [0.3, 0.4) is 0 Å². The van der Waals surface area contributed by atoms with E-state index in [1.807, 2.05) is 6.08 Å². The Morgan fingerprint density at radius 2 is 1.69 bits per heavy atom. The van der Waals surface area contributed by atoms with Crippen LogP contribution in [0.5, 0.6) is 0 Å². The Kier molecular flexibility index (Phi) is 9.56. The minimum absolute atomic E-state index is 0.640. The lowest BCUT2D eigenvalue weighted by atomic mass is 10.1. The van der Waals surface area contributed by atoms with Gasteiger partial charge in [-0.05, 0) is 25.8 Å². The first-order valence-corrected chi connectivity index (χ1v) is 5.61. The average Bonchev–Trinajstić information content (AvgIpc) is 2.09. The Bertz CT molecular complexity index is 108. The second-order valence-corrected chi connectivity index (χ2v) is 3.95. The van der Waals surface area contributed by atoms with Gasteiger partial charge >= 0.3 is 0 Å². The molecule has 0 saturated carbocycles. The summed E-state index contributed by atoms with van der Waals surface area (Å²) < 4.78 is 0. The fourth-order valence-corrected chi connectivity index (χ4v) is 1.33. The van der Waals surface area contributed by atoms with Gasteiger partial charge in [0, 0.05) is 6.04 Å². The van der Waals surface area contributed by atoms with E-state index in [2.05, 4.69) is 25.7 Å². The van der Waals surface area contributed by atoms with Gasteiger partial charge in [0.15, 0.2) is 0 Å². The Hall–Kier alpha value is -0.300. The zero-order chi connectivity index (χ0) is 9.94. The number of allylic oxidation sites excluding steroid dienone is 1. The second kappa shape index (κ2) is 9.79. The number of hydrogen-bond donors (Lipinski definition) is 1. The molecule has 0 saturated heterocycles. The summed E-state index contributed by atoms with van der Waals surface area (Å²) in [6.07, 6.45) is 9.97. The molecule has 0 rings (SSSR count). The molecule has 0 bridgehead atoms. The van der Waals surface area contributed by atoms with Crippen molar-refractivity contribution in [3.63, 3.8) is 0 Å². The summed E-state index contributed by atoms with van der Waals surface area (Å²) >= 11 is 0. The molecule has 0 aromatic carbocycles. The van der Waals surface area contributed by atoms with E-state index in [0.717, 1.165) is 0 Å². The maximum Gasteiger partial charge on any atom is 0.00103 e. The van der Waals surface area contributed by atoms with E-state index in [4.69, 9.17) is 0 Å². The lowest BCUT2D eigenvalue weighted by Crippen LogP contribution is -2.23. The SMILES string of the molecule is C=CCCCCCCCNC(C)C. The first-order valence-electron chi connectivity index (χ1n) is 5.61. The molecule has 1 nitrogen and oxygen atoms in total. The molecule has 13 heavy (non-hydrogen) atoms. The van der Waals surface area contributed by atoms with Crippen molar-refractivity contribution < 1.29 is 0 Å². The van der Waals surface area contributed by atoms with Gasteiger partial charge in [-0.1, -0.05) is 39.2 Å². The van der Waals surface area contributed by atoms with Crippen LogP contribution in [0.2, 0.25) is 0 Å². The average molecular weight is 183 g/mol. The van der Waals surface area contributed by atoms with Crippen LogP contribution in [-0.2, 0) is 0 Å². The van der Waals surface area contributed by atoms with Gasteiger partial charge in [0.05, 0.1) is 0 Å². The number of rotatable bonds is 9. The largest absolute Gasteiger partial charge is 0.315 e. The van der Waals surface area contributed by atoms with Crippen LogP contribution >= 0.6 is 0 Å². The first kappa shape index (κ1) is 12.7. The minimum Gasteiger partial charge on any atom is -0.315 e. The van der Waals surface area contributed by atoms with Crippen molar-refractivity contribution in [2.24, 2.45) is 0 Å². The van der Waals surface area contributed by atoms with Crippen LogP contribution < -0.4 is 5.32 Å². The van der Waals surface area contributed by atoms with Crippen LogP contribution in [0.25, 0.3) is 0 Å². The molecule has 0 spiro atoms. The molecular weight excluding hydrogens is 158 g/mol. The predicted octanol–water partition coefficient (Wildman–Crippen LogP) is 3.51. The van der Waals surface area contributed by atoms with Crippen molar-refractivity contribution in [3.8, 4) is 0 Å². The van der Waals surface area contributed by atoms with Crippen molar-refractivity contribution in [1.29, 1.82) is 0 Å². The van der Waals surface area contributed by atoms with Crippen LogP contribution in [0, 0.1) is 0 Å². The van der Waals surface area contributed by atoms with E-state index >= 15 is 0 Å². The molecule has 0 aliphatic heterocycles. The van der Waals surface area contributed by atoms with Crippen LogP contribution in [0.4, 0.5) is 0 Å².